The number of aryl methyl sites for hydroxylation is 2. The summed E-state index contributed by atoms with van der Waals surface area (Å²) in [4.78, 5) is 4.72. The molecule has 1 aliphatic heterocycles. The van der Waals surface area contributed by atoms with Crippen LogP contribution in [0.3, 0.4) is 0 Å². The van der Waals surface area contributed by atoms with Crippen LogP contribution in [0.1, 0.15) is 24.2 Å². The van der Waals surface area contributed by atoms with E-state index in [1.165, 1.54) is 24.2 Å². The maximum Gasteiger partial charge on any atom is 0.109 e. The first-order valence-corrected chi connectivity index (χ1v) is 6.22. The molecule has 1 aliphatic rings. The van der Waals surface area contributed by atoms with Gasteiger partial charge in [0.1, 0.15) is 5.82 Å². The van der Waals surface area contributed by atoms with Crippen LogP contribution >= 0.6 is 0 Å². The Bertz CT molecular complexity index is 505. The molecular formula is C14H17N3. The molecule has 3 rings (SSSR count). The Kier molecular flexibility index (Phi) is 2.69. The summed E-state index contributed by atoms with van der Waals surface area (Å²) in [7, 11) is 0. The molecule has 1 aromatic heterocycles. The van der Waals surface area contributed by atoms with Gasteiger partial charge in [0.2, 0.25) is 0 Å². The Balaban J connectivity index is 2.00. The van der Waals surface area contributed by atoms with Crippen molar-refractivity contribution in [2.75, 3.05) is 0 Å². The number of hydrogen-bond acceptors (Lipinski definition) is 2. The SMILES string of the molecule is NCc1cccc(-c2cn3c(n2)CCCC3)c1. The van der Waals surface area contributed by atoms with Crippen LogP contribution in [0.25, 0.3) is 11.3 Å². The number of benzene rings is 1. The van der Waals surface area contributed by atoms with Gasteiger partial charge in [-0.1, -0.05) is 18.2 Å². The first-order chi connectivity index (χ1) is 8.36. The third-order valence-electron chi connectivity index (χ3n) is 3.37. The zero-order valence-electron chi connectivity index (χ0n) is 9.89. The van der Waals surface area contributed by atoms with Crippen LogP contribution < -0.4 is 5.73 Å². The smallest absolute Gasteiger partial charge is 0.109 e. The van der Waals surface area contributed by atoms with E-state index in [0.717, 1.165) is 24.2 Å². The molecule has 0 atom stereocenters. The second-order valence-electron chi connectivity index (χ2n) is 4.60. The average molecular weight is 227 g/mol. The van der Waals surface area contributed by atoms with Crippen LogP contribution in [0.4, 0.5) is 0 Å². The highest BCUT2D eigenvalue weighted by atomic mass is 15.1. The highest BCUT2D eigenvalue weighted by Gasteiger charge is 2.13. The maximum absolute atomic E-state index is 5.67. The average Bonchev–Trinajstić information content (AvgIpc) is 2.82. The Hall–Kier alpha value is -1.61. The van der Waals surface area contributed by atoms with Crippen molar-refractivity contribution in [3.05, 3.63) is 41.9 Å². The summed E-state index contributed by atoms with van der Waals surface area (Å²) < 4.78 is 2.29. The van der Waals surface area contributed by atoms with Crippen LogP contribution in [0, 0.1) is 0 Å². The molecule has 1 aromatic carbocycles. The summed E-state index contributed by atoms with van der Waals surface area (Å²) >= 11 is 0. The summed E-state index contributed by atoms with van der Waals surface area (Å²) in [5.41, 5.74) is 9.09. The van der Waals surface area contributed by atoms with Gasteiger partial charge in [-0.15, -0.1) is 0 Å². The number of rotatable bonds is 2. The van der Waals surface area contributed by atoms with Crippen molar-refractivity contribution in [3.8, 4) is 11.3 Å². The summed E-state index contributed by atoms with van der Waals surface area (Å²) in [6, 6.07) is 8.34. The number of aromatic nitrogens is 2. The van der Waals surface area contributed by atoms with Crippen molar-refractivity contribution in [3.63, 3.8) is 0 Å². The minimum atomic E-state index is 0.585. The largest absolute Gasteiger partial charge is 0.334 e. The lowest BCUT2D eigenvalue weighted by atomic mass is 10.1. The third kappa shape index (κ3) is 1.98. The van der Waals surface area contributed by atoms with Gasteiger partial charge < -0.3 is 10.3 Å². The Labute approximate surface area is 101 Å². The van der Waals surface area contributed by atoms with Crippen LogP contribution in [0.2, 0.25) is 0 Å². The van der Waals surface area contributed by atoms with Crippen molar-refractivity contribution in [1.29, 1.82) is 0 Å². The highest BCUT2D eigenvalue weighted by Crippen LogP contribution is 2.23. The number of hydrogen-bond donors (Lipinski definition) is 1. The van der Waals surface area contributed by atoms with Crippen LogP contribution in [0.5, 0.6) is 0 Å². The number of imidazole rings is 1. The van der Waals surface area contributed by atoms with E-state index >= 15 is 0 Å². The fraction of sp³-hybridized carbons (Fsp3) is 0.357. The van der Waals surface area contributed by atoms with Crippen molar-refractivity contribution in [2.45, 2.75) is 32.4 Å². The van der Waals surface area contributed by atoms with E-state index in [1.54, 1.807) is 0 Å². The molecule has 2 aromatic rings. The monoisotopic (exact) mass is 227 g/mol. The predicted molar refractivity (Wildman–Crippen MR) is 68.5 cm³/mol. The normalized spacial score (nSPS) is 14.6. The van der Waals surface area contributed by atoms with E-state index in [-0.39, 0.29) is 0 Å². The number of nitrogens with zero attached hydrogens (tertiary/aromatic N) is 2. The van der Waals surface area contributed by atoms with Crippen molar-refractivity contribution in [2.24, 2.45) is 5.73 Å². The first kappa shape index (κ1) is 10.5. The number of nitrogens with two attached hydrogens (primary N) is 1. The minimum Gasteiger partial charge on any atom is -0.334 e. The van der Waals surface area contributed by atoms with E-state index in [0.29, 0.717) is 6.54 Å². The second kappa shape index (κ2) is 4.34. The summed E-state index contributed by atoms with van der Waals surface area (Å²) in [6.45, 7) is 1.69. The Morgan fingerprint density at radius 2 is 2.24 bits per heavy atom. The molecule has 0 fully saturated rings. The molecule has 0 saturated heterocycles. The van der Waals surface area contributed by atoms with Gasteiger partial charge >= 0.3 is 0 Å². The van der Waals surface area contributed by atoms with Crippen LogP contribution in [-0.2, 0) is 19.5 Å². The van der Waals surface area contributed by atoms with Crippen molar-refractivity contribution >= 4 is 0 Å². The van der Waals surface area contributed by atoms with Crippen molar-refractivity contribution in [1.82, 2.24) is 9.55 Å². The Morgan fingerprint density at radius 1 is 1.29 bits per heavy atom. The molecule has 88 valence electrons. The highest BCUT2D eigenvalue weighted by molar-refractivity contribution is 5.59. The summed E-state index contributed by atoms with van der Waals surface area (Å²) in [5, 5.41) is 0. The molecule has 2 heterocycles. The molecule has 0 bridgehead atoms. The zero-order valence-corrected chi connectivity index (χ0v) is 9.89. The zero-order chi connectivity index (χ0) is 11.7. The lowest BCUT2D eigenvalue weighted by Gasteiger charge is -2.11. The molecule has 0 spiro atoms. The van der Waals surface area contributed by atoms with Crippen LogP contribution in [-0.4, -0.2) is 9.55 Å². The quantitative estimate of drug-likeness (QED) is 0.855. The third-order valence-corrected chi connectivity index (χ3v) is 3.37. The summed E-state index contributed by atoms with van der Waals surface area (Å²) in [6.07, 6.45) is 5.81. The molecule has 3 nitrogen and oxygen atoms in total. The van der Waals surface area contributed by atoms with Crippen LogP contribution in [0.15, 0.2) is 30.5 Å². The summed E-state index contributed by atoms with van der Waals surface area (Å²) in [5.74, 6) is 1.23. The van der Waals surface area contributed by atoms with Gasteiger partial charge in [-0.2, -0.15) is 0 Å². The fourth-order valence-electron chi connectivity index (χ4n) is 2.41. The molecule has 0 unspecified atom stereocenters. The van der Waals surface area contributed by atoms with E-state index in [4.69, 9.17) is 10.7 Å². The van der Waals surface area contributed by atoms with E-state index in [2.05, 4.69) is 35.0 Å². The topological polar surface area (TPSA) is 43.8 Å². The fourth-order valence-corrected chi connectivity index (χ4v) is 2.41. The molecular weight excluding hydrogens is 210 g/mol. The lowest BCUT2D eigenvalue weighted by Crippen LogP contribution is -2.08. The molecule has 2 N–H and O–H groups in total. The molecule has 17 heavy (non-hydrogen) atoms. The lowest BCUT2D eigenvalue weighted by molar-refractivity contribution is 0.522. The molecule has 0 saturated carbocycles. The molecule has 0 aliphatic carbocycles. The molecule has 0 radical (unpaired) electrons. The predicted octanol–water partition coefficient (Wildman–Crippen LogP) is 2.35. The standard InChI is InChI=1S/C14H17N3/c15-9-11-4-3-5-12(8-11)13-10-17-7-2-1-6-14(17)16-13/h3-5,8,10H,1-2,6-7,9,15H2. The second-order valence-corrected chi connectivity index (χ2v) is 4.60. The van der Waals surface area contributed by atoms with Gasteiger partial charge in [0.05, 0.1) is 5.69 Å². The van der Waals surface area contributed by atoms with E-state index in [9.17, 15) is 0 Å². The maximum atomic E-state index is 5.67. The molecule has 3 heteroatoms. The van der Waals surface area contributed by atoms with Gasteiger partial charge in [0.15, 0.2) is 0 Å². The number of fused-ring (bicyclic) bond motifs is 1. The van der Waals surface area contributed by atoms with E-state index in [1.807, 2.05) is 0 Å². The van der Waals surface area contributed by atoms with Gasteiger partial charge in [0.25, 0.3) is 0 Å². The molecule has 0 amide bonds. The Morgan fingerprint density at radius 3 is 3.06 bits per heavy atom. The van der Waals surface area contributed by atoms with Gasteiger partial charge in [-0.05, 0) is 24.5 Å². The van der Waals surface area contributed by atoms with Gasteiger partial charge in [-0.25, -0.2) is 4.98 Å². The van der Waals surface area contributed by atoms with E-state index < -0.39 is 0 Å². The minimum absolute atomic E-state index is 0.585. The van der Waals surface area contributed by atoms with Crippen molar-refractivity contribution < 1.29 is 0 Å². The van der Waals surface area contributed by atoms with Gasteiger partial charge in [0, 0.05) is 31.3 Å². The van der Waals surface area contributed by atoms with Gasteiger partial charge in [-0.3, -0.25) is 0 Å². The first-order valence-electron chi connectivity index (χ1n) is 6.22.